The third-order valence-corrected chi connectivity index (χ3v) is 3.94. The Labute approximate surface area is 119 Å². The van der Waals surface area contributed by atoms with E-state index in [0.29, 0.717) is 30.5 Å². The molecule has 0 bridgehead atoms. The maximum absolute atomic E-state index is 11.2. The van der Waals surface area contributed by atoms with E-state index >= 15 is 0 Å². The van der Waals surface area contributed by atoms with Crippen molar-refractivity contribution in [1.82, 2.24) is 14.7 Å². The van der Waals surface area contributed by atoms with E-state index in [0.717, 1.165) is 13.1 Å². The number of likely N-dealkylation sites (tertiary alicyclic amines) is 1. The normalized spacial score (nSPS) is 17.4. The van der Waals surface area contributed by atoms with E-state index in [4.69, 9.17) is 0 Å². The van der Waals surface area contributed by atoms with Crippen molar-refractivity contribution in [1.29, 1.82) is 0 Å². The molecule has 1 saturated heterocycles. The minimum Gasteiger partial charge on any atom is -0.363 e. The molecule has 7 nitrogen and oxygen atoms in total. The quantitative estimate of drug-likeness (QED) is 0.635. The minimum atomic E-state index is -0.339. The molecule has 1 unspecified atom stereocenters. The predicted octanol–water partition coefficient (Wildman–Crippen LogP) is 1.79. The number of hydrogen-bond acceptors (Lipinski definition) is 5. The fourth-order valence-electron chi connectivity index (χ4n) is 2.75. The number of nitrogens with one attached hydrogen (secondary N) is 1. The Morgan fingerprint density at radius 2 is 2.10 bits per heavy atom. The zero-order chi connectivity index (χ0) is 14.7. The number of nitro groups is 1. The second-order valence-electron chi connectivity index (χ2n) is 5.35. The first-order valence-corrected chi connectivity index (χ1v) is 7.22. The van der Waals surface area contributed by atoms with Crippen LogP contribution in [-0.2, 0) is 13.5 Å². The molecule has 1 fully saturated rings. The second-order valence-corrected chi connectivity index (χ2v) is 5.35. The molecule has 7 heteroatoms. The SMILES string of the molecule is CCc1nn(C)c(NCC(C)N2CCCC2)c1[N+](=O)[O-]. The van der Waals surface area contributed by atoms with E-state index < -0.39 is 0 Å². The minimum absolute atomic E-state index is 0.114. The van der Waals surface area contributed by atoms with Crippen LogP contribution in [0.2, 0.25) is 0 Å². The van der Waals surface area contributed by atoms with Crippen molar-refractivity contribution in [2.24, 2.45) is 7.05 Å². The van der Waals surface area contributed by atoms with E-state index in [9.17, 15) is 10.1 Å². The van der Waals surface area contributed by atoms with Crippen molar-refractivity contribution >= 4 is 11.5 Å². The summed E-state index contributed by atoms with van der Waals surface area (Å²) in [6, 6.07) is 0.372. The van der Waals surface area contributed by atoms with Gasteiger partial charge in [0.25, 0.3) is 0 Å². The third kappa shape index (κ3) is 2.92. The van der Waals surface area contributed by atoms with Gasteiger partial charge in [-0.1, -0.05) is 6.92 Å². The van der Waals surface area contributed by atoms with Gasteiger partial charge in [0.15, 0.2) is 0 Å². The van der Waals surface area contributed by atoms with Crippen LogP contribution in [0.5, 0.6) is 0 Å². The number of aryl methyl sites for hydroxylation is 2. The first-order chi connectivity index (χ1) is 9.54. The van der Waals surface area contributed by atoms with Gasteiger partial charge >= 0.3 is 5.69 Å². The van der Waals surface area contributed by atoms with Crippen molar-refractivity contribution in [3.05, 3.63) is 15.8 Å². The van der Waals surface area contributed by atoms with Gasteiger partial charge in [-0.25, -0.2) is 4.68 Å². The molecule has 0 aromatic carbocycles. The molecule has 0 spiro atoms. The van der Waals surface area contributed by atoms with Crippen LogP contribution in [0.1, 0.15) is 32.4 Å². The van der Waals surface area contributed by atoms with Crippen LogP contribution >= 0.6 is 0 Å². The summed E-state index contributed by atoms with van der Waals surface area (Å²) in [6.07, 6.45) is 3.06. The number of rotatable bonds is 6. The molecule has 2 heterocycles. The molecule has 1 aromatic heterocycles. The van der Waals surface area contributed by atoms with Crippen molar-refractivity contribution in [3.63, 3.8) is 0 Å². The smallest absolute Gasteiger partial charge is 0.333 e. The van der Waals surface area contributed by atoms with Crippen LogP contribution in [0.25, 0.3) is 0 Å². The Morgan fingerprint density at radius 3 is 2.65 bits per heavy atom. The molecule has 1 aromatic rings. The van der Waals surface area contributed by atoms with Crippen molar-refractivity contribution in [3.8, 4) is 0 Å². The Balaban J connectivity index is 2.08. The molecule has 1 N–H and O–H groups in total. The van der Waals surface area contributed by atoms with Crippen LogP contribution in [0.4, 0.5) is 11.5 Å². The second kappa shape index (κ2) is 6.21. The van der Waals surface area contributed by atoms with Gasteiger partial charge in [0.1, 0.15) is 5.69 Å². The van der Waals surface area contributed by atoms with Crippen LogP contribution in [0.3, 0.4) is 0 Å². The third-order valence-electron chi connectivity index (χ3n) is 3.94. The molecule has 0 radical (unpaired) electrons. The number of nitrogens with zero attached hydrogens (tertiary/aromatic N) is 4. The van der Waals surface area contributed by atoms with Gasteiger partial charge in [-0.3, -0.25) is 15.0 Å². The lowest BCUT2D eigenvalue weighted by Crippen LogP contribution is -2.35. The Bertz CT molecular complexity index is 479. The molecule has 112 valence electrons. The van der Waals surface area contributed by atoms with Gasteiger partial charge in [-0.2, -0.15) is 5.10 Å². The Morgan fingerprint density at radius 1 is 1.45 bits per heavy atom. The molecule has 0 amide bonds. The molecule has 1 aliphatic rings. The Hall–Kier alpha value is -1.63. The van der Waals surface area contributed by atoms with Crippen molar-refractivity contribution < 1.29 is 4.92 Å². The molecule has 1 aliphatic heterocycles. The highest BCUT2D eigenvalue weighted by molar-refractivity contribution is 5.59. The van der Waals surface area contributed by atoms with Crippen LogP contribution < -0.4 is 5.32 Å². The van der Waals surface area contributed by atoms with Crippen LogP contribution in [-0.4, -0.2) is 45.3 Å². The summed E-state index contributed by atoms with van der Waals surface area (Å²) in [5.74, 6) is 0.512. The first-order valence-electron chi connectivity index (χ1n) is 7.22. The largest absolute Gasteiger partial charge is 0.363 e. The van der Waals surface area contributed by atoms with Gasteiger partial charge in [0, 0.05) is 19.6 Å². The highest BCUT2D eigenvalue weighted by Gasteiger charge is 2.26. The summed E-state index contributed by atoms with van der Waals surface area (Å²) in [5, 5.41) is 18.7. The average molecular weight is 281 g/mol. The van der Waals surface area contributed by atoms with E-state index in [-0.39, 0.29) is 10.6 Å². The predicted molar refractivity (Wildman–Crippen MR) is 78.0 cm³/mol. The molecule has 0 aliphatic carbocycles. The lowest BCUT2D eigenvalue weighted by atomic mass is 10.2. The highest BCUT2D eigenvalue weighted by atomic mass is 16.6. The van der Waals surface area contributed by atoms with E-state index in [2.05, 4.69) is 22.2 Å². The number of anilines is 1. The first kappa shape index (κ1) is 14.8. The summed E-state index contributed by atoms with van der Waals surface area (Å²) in [7, 11) is 1.75. The molecular weight excluding hydrogens is 258 g/mol. The summed E-state index contributed by atoms with van der Waals surface area (Å²) in [4.78, 5) is 13.3. The highest BCUT2D eigenvalue weighted by Crippen LogP contribution is 2.28. The van der Waals surface area contributed by atoms with Gasteiger partial charge in [0.2, 0.25) is 5.82 Å². The van der Waals surface area contributed by atoms with E-state index in [1.165, 1.54) is 12.8 Å². The fourth-order valence-corrected chi connectivity index (χ4v) is 2.75. The van der Waals surface area contributed by atoms with Gasteiger partial charge in [0.05, 0.1) is 4.92 Å². The summed E-state index contributed by atoms with van der Waals surface area (Å²) in [5.41, 5.74) is 0.650. The number of hydrogen-bond donors (Lipinski definition) is 1. The van der Waals surface area contributed by atoms with Crippen LogP contribution in [0.15, 0.2) is 0 Å². The Kier molecular flexibility index (Phi) is 4.59. The van der Waals surface area contributed by atoms with Crippen molar-refractivity contribution in [2.75, 3.05) is 25.0 Å². The molecule has 20 heavy (non-hydrogen) atoms. The maximum Gasteiger partial charge on any atom is 0.333 e. The standard InChI is InChI=1S/C13H23N5O2/c1-4-11-12(18(19)20)13(16(3)15-11)14-9-10(2)17-7-5-6-8-17/h10,14H,4-9H2,1-3H3. The zero-order valence-electron chi connectivity index (χ0n) is 12.4. The topological polar surface area (TPSA) is 76.2 Å². The molecule has 1 atom stereocenters. The molecule has 0 saturated carbocycles. The van der Waals surface area contributed by atoms with Gasteiger partial charge in [-0.05, 0) is 39.3 Å². The van der Waals surface area contributed by atoms with Gasteiger partial charge in [-0.15, -0.1) is 0 Å². The summed E-state index contributed by atoms with van der Waals surface area (Å²) in [6.45, 7) is 6.98. The van der Waals surface area contributed by atoms with Crippen molar-refractivity contribution in [2.45, 2.75) is 39.2 Å². The monoisotopic (exact) mass is 281 g/mol. The number of aromatic nitrogens is 2. The lowest BCUT2D eigenvalue weighted by molar-refractivity contribution is -0.384. The molecular formula is C13H23N5O2. The maximum atomic E-state index is 11.2. The van der Waals surface area contributed by atoms with Crippen LogP contribution in [0, 0.1) is 10.1 Å². The fraction of sp³-hybridized carbons (Fsp3) is 0.769. The van der Waals surface area contributed by atoms with Gasteiger partial charge < -0.3 is 5.32 Å². The lowest BCUT2D eigenvalue weighted by Gasteiger charge is -2.24. The summed E-state index contributed by atoms with van der Waals surface area (Å²) >= 11 is 0. The average Bonchev–Trinajstić information content (AvgIpc) is 3.03. The molecule has 2 rings (SSSR count). The summed E-state index contributed by atoms with van der Waals surface area (Å²) < 4.78 is 1.58. The van der Waals surface area contributed by atoms with E-state index in [1.807, 2.05) is 6.92 Å². The van der Waals surface area contributed by atoms with E-state index in [1.54, 1.807) is 11.7 Å². The zero-order valence-corrected chi connectivity index (χ0v) is 12.4.